The minimum Gasteiger partial charge on any atom is -0.350 e. The van der Waals surface area contributed by atoms with Crippen molar-refractivity contribution in [1.82, 2.24) is 10.2 Å². The fourth-order valence-corrected chi connectivity index (χ4v) is 5.38. The van der Waals surface area contributed by atoms with Gasteiger partial charge < -0.3 is 10.2 Å². The van der Waals surface area contributed by atoms with E-state index in [-0.39, 0.29) is 24.2 Å². The molecule has 0 fully saturated rings. The molecule has 0 aliphatic rings. The number of halogens is 1. The van der Waals surface area contributed by atoms with Crippen molar-refractivity contribution < 1.29 is 9.59 Å². The maximum atomic E-state index is 14.4. The smallest absolute Gasteiger partial charge is 0.243 e. The highest BCUT2D eigenvalue weighted by Gasteiger charge is 2.33. The fraction of sp³-hybridized carbons (Fsp3) is 0.257. The van der Waals surface area contributed by atoms with Gasteiger partial charge in [0.2, 0.25) is 11.8 Å². The second kappa shape index (κ2) is 13.6. The lowest BCUT2D eigenvalue weighted by Crippen LogP contribution is -2.54. The Hall–Kier alpha value is -3.70. The van der Waals surface area contributed by atoms with E-state index in [1.165, 1.54) is 0 Å². The Morgan fingerprint density at radius 1 is 0.750 bits per heavy atom. The van der Waals surface area contributed by atoms with Gasteiger partial charge in [-0.25, -0.2) is 0 Å². The molecule has 0 saturated carbocycles. The molecule has 1 N–H and O–H groups in total. The molecular formula is C35H37BrN2O2. The Labute approximate surface area is 246 Å². The molecule has 4 rings (SSSR count). The summed E-state index contributed by atoms with van der Waals surface area (Å²) in [5, 5.41) is 3.15. The molecule has 0 radical (unpaired) electrons. The van der Waals surface area contributed by atoms with Crippen molar-refractivity contribution in [3.05, 3.63) is 142 Å². The highest BCUT2D eigenvalue weighted by molar-refractivity contribution is 9.10. The zero-order valence-corrected chi connectivity index (χ0v) is 25.0. The summed E-state index contributed by atoms with van der Waals surface area (Å²) < 4.78 is 0.933. The van der Waals surface area contributed by atoms with Crippen LogP contribution in [0, 0.1) is 0 Å². The summed E-state index contributed by atoms with van der Waals surface area (Å²) in [6.45, 7) is 6.22. The van der Waals surface area contributed by atoms with Crippen LogP contribution < -0.4 is 5.32 Å². The molecule has 0 aliphatic heterocycles. The Morgan fingerprint density at radius 2 is 1.27 bits per heavy atom. The first-order valence-electron chi connectivity index (χ1n) is 13.7. The number of benzene rings is 4. The fourth-order valence-electron chi connectivity index (χ4n) is 4.93. The van der Waals surface area contributed by atoms with Crippen molar-refractivity contribution in [3.63, 3.8) is 0 Å². The largest absolute Gasteiger partial charge is 0.350 e. The number of carbonyl (C=O) groups is 2. The summed E-state index contributed by atoms with van der Waals surface area (Å²) in [5.74, 6) is -0.360. The van der Waals surface area contributed by atoms with Crippen molar-refractivity contribution >= 4 is 27.7 Å². The predicted octanol–water partition coefficient (Wildman–Crippen LogP) is 7.53. The van der Waals surface area contributed by atoms with Crippen LogP contribution in [0.1, 0.15) is 55.4 Å². The Morgan fingerprint density at radius 3 is 1.80 bits per heavy atom. The SMILES string of the molecule is CC(C)(C)NC(=O)[C@H](Cc1ccccc1)N(Cc1cccc(Br)c1)C(=O)CC(c1ccccc1)c1ccccc1. The molecule has 0 saturated heterocycles. The van der Waals surface area contributed by atoms with Crippen LogP contribution in [0.25, 0.3) is 0 Å². The van der Waals surface area contributed by atoms with Crippen LogP contribution in [0.4, 0.5) is 0 Å². The molecule has 40 heavy (non-hydrogen) atoms. The third kappa shape index (κ3) is 8.40. The lowest BCUT2D eigenvalue weighted by Gasteiger charge is -2.35. The van der Waals surface area contributed by atoms with E-state index < -0.39 is 11.6 Å². The molecule has 1 atom stereocenters. The van der Waals surface area contributed by atoms with Crippen LogP contribution in [0.2, 0.25) is 0 Å². The zero-order chi connectivity index (χ0) is 28.5. The van der Waals surface area contributed by atoms with Gasteiger partial charge in [-0.1, -0.05) is 119 Å². The maximum absolute atomic E-state index is 14.4. The third-order valence-electron chi connectivity index (χ3n) is 6.79. The van der Waals surface area contributed by atoms with Gasteiger partial charge in [0.15, 0.2) is 0 Å². The summed E-state index contributed by atoms with van der Waals surface area (Å²) in [4.78, 5) is 30.1. The molecule has 5 heteroatoms. The van der Waals surface area contributed by atoms with Crippen LogP contribution in [0.15, 0.2) is 120 Å². The van der Waals surface area contributed by atoms with Crippen molar-refractivity contribution in [2.45, 2.75) is 57.7 Å². The molecular weight excluding hydrogens is 560 g/mol. The van der Waals surface area contributed by atoms with E-state index in [0.717, 1.165) is 26.7 Å². The number of hydrogen-bond donors (Lipinski definition) is 1. The Bertz CT molecular complexity index is 1350. The number of hydrogen-bond acceptors (Lipinski definition) is 2. The normalized spacial score (nSPS) is 12.1. The number of nitrogens with one attached hydrogen (secondary N) is 1. The van der Waals surface area contributed by atoms with Crippen LogP contribution in [0.5, 0.6) is 0 Å². The van der Waals surface area contributed by atoms with Crippen molar-refractivity contribution in [3.8, 4) is 0 Å². The van der Waals surface area contributed by atoms with E-state index in [1.807, 2.05) is 112 Å². The number of carbonyl (C=O) groups excluding carboxylic acids is 2. The van der Waals surface area contributed by atoms with E-state index in [2.05, 4.69) is 45.5 Å². The van der Waals surface area contributed by atoms with Gasteiger partial charge in [-0.3, -0.25) is 9.59 Å². The predicted molar refractivity (Wildman–Crippen MR) is 166 cm³/mol. The lowest BCUT2D eigenvalue weighted by atomic mass is 9.87. The van der Waals surface area contributed by atoms with Crippen molar-refractivity contribution in [1.29, 1.82) is 0 Å². The Kier molecular flexibility index (Phi) is 9.94. The third-order valence-corrected chi connectivity index (χ3v) is 7.29. The Balaban J connectivity index is 1.75. The summed E-state index contributed by atoms with van der Waals surface area (Å²) in [5.41, 5.74) is 3.67. The van der Waals surface area contributed by atoms with Gasteiger partial charge in [-0.15, -0.1) is 0 Å². The van der Waals surface area contributed by atoms with Gasteiger partial charge >= 0.3 is 0 Å². The summed E-state index contributed by atoms with van der Waals surface area (Å²) in [6, 6.07) is 37.4. The highest BCUT2D eigenvalue weighted by Crippen LogP contribution is 2.30. The first-order valence-corrected chi connectivity index (χ1v) is 14.5. The van der Waals surface area contributed by atoms with Gasteiger partial charge in [0.1, 0.15) is 6.04 Å². The first kappa shape index (κ1) is 29.3. The quantitative estimate of drug-likeness (QED) is 0.206. The zero-order valence-electron chi connectivity index (χ0n) is 23.4. The lowest BCUT2D eigenvalue weighted by molar-refractivity contribution is -0.142. The molecule has 4 nitrogen and oxygen atoms in total. The van der Waals surface area contributed by atoms with E-state index in [1.54, 1.807) is 4.90 Å². The highest BCUT2D eigenvalue weighted by atomic mass is 79.9. The van der Waals surface area contributed by atoms with E-state index in [0.29, 0.717) is 13.0 Å². The summed E-state index contributed by atoms with van der Waals surface area (Å²) in [6.07, 6.45) is 0.667. The second-order valence-corrected chi connectivity index (χ2v) is 12.1. The summed E-state index contributed by atoms with van der Waals surface area (Å²) >= 11 is 3.57. The van der Waals surface area contributed by atoms with Gasteiger partial charge in [0.25, 0.3) is 0 Å². The van der Waals surface area contributed by atoms with Gasteiger partial charge in [0.05, 0.1) is 0 Å². The van der Waals surface area contributed by atoms with Crippen LogP contribution in [-0.4, -0.2) is 28.3 Å². The average Bonchev–Trinajstić information content (AvgIpc) is 2.94. The number of rotatable bonds is 10. The molecule has 4 aromatic rings. The molecule has 0 bridgehead atoms. The number of nitrogens with zero attached hydrogens (tertiary/aromatic N) is 1. The monoisotopic (exact) mass is 596 g/mol. The van der Waals surface area contributed by atoms with Gasteiger partial charge in [-0.2, -0.15) is 0 Å². The molecule has 4 aromatic carbocycles. The van der Waals surface area contributed by atoms with Gasteiger partial charge in [-0.05, 0) is 55.2 Å². The standard InChI is InChI=1S/C35H37BrN2O2/c1-35(2,3)37-34(40)32(23-26-14-7-4-8-15-26)38(25-27-16-13-21-30(36)22-27)33(39)24-31(28-17-9-5-10-18-28)29-19-11-6-12-20-29/h4-22,31-32H,23-25H2,1-3H3,(H,37,40)/t32-/m0/s1. The molecule has 0 heterocycles. The van der Waals surface area contributed by atoms with Crippen molar-refractivity contribution in [2.75, 3.05) is 0 Å². The maximum Gasteiger partial charge on any atom is 0.243 e. The first-order chi connectivity index (χ1) is 19.2. The minimum atomic E-state index is -0.680. The average molecular weight is 598 g/mol. The van der Waals surface area contributed by atoms with E-state index in [4.69, 9.17) is 0 Å². The van der Waals surface area contributed by atoms with Crippen molar-refractivity contribution in [2.24, 2.45) is 0 Å². The van der Waals surface area contributed by atoms with Crippen LogP contribution >= 0.6 is 15.9 Å². The molecule has 0 aromatic heterocycles. The number of amides is 2. The molecule has 0 unspecified atom stereocenters. The van der Waals surface area contributed by atoms with Gasteiger partial charge in [0, 0.05) is 35.3 Å². The van der Waals surface area contributed by atoms with E-state index in [9.17, 15) is 9.59 Å². The van der Waals surface area contributed by atoms with E-state index >= 15 is 0 Å². The molecule has 2 amide bonds. The molecule has 0 spiro atoms. The molecule has 206 valence electrons. The topological polar surface area (TPSA) is 49.4 Å². The van der Waals surface area contributed by atoms with Crippen LogP contribution in [0.3, 0.4) is 0 Å². The second-order valence-electron chi connectivity index (χ2n) is 11.2. The minimum absolute atomic E-state index is 0.0670. The van der Waals surface area contributed by atoms with Crippen LogP contribution in [-0.2, 0) is 22.6 Å². The molecule has 0 aliphatic carbocycles. The summed E-state index contributed by atoms with van der Waals surface area (Å²) in [7, 11) is 0.